The van der Waals surface area contributed by atoms with Gasteiger partial charge in [0, 0.05) is 30.3 Å². The topological polar surface area (TPSA) is 12.5 Å². The van der Waals surface area contributed by atoms with E-state index in [0.717, 1.165) is 26.3 Å². The molecule has 0 saturated carbocycles. The summed E-state index contributed by atoms with van der Waals surface area (Å²) in [7, 11) is 0. The summed E-state index contributed by atoms with van der Waals surface area (Å²) in [5.41, 5.74) is 1.33. The lowest BCUT2D eigenvalue weighted by Crippen LogP contribution is -2.37. The van der Waals surface area contributed by atoms with Crippen molar-refractivity contribution in [2.45, 2.75) is 11.8 Å². The molecule has 0 N–H and O–H groups in total. The van der Waals surface area contributed by atoms with Gasteiger partial charge in [-0.05, 0) is 19.1 Å². The van der Waals surface area contributed by atoms with Gasteiger partial charge < -0.3 is 4.74 Å². The molecule has 1 fully saturated rings. The van der Waals surface area contributed by atoms with E-state index in [0.29, 0.717) is 0 Å². The summed E-state index contributed by atoms with van der Waals surface area (Å²) in [4.78, 5) is 3.85. The van der Waals surface area contributed by atoms with Gasteiger partial charge in [0.1, 0.15) is 0 Å². The number of nitrogens with zero attached hydrogens (tertiary/aromatic N) is 1. The van der Waals surface area contributed by atoms with Gasteiger partial charge in [0.2, 0.25) is 0 Å². The molecule has 0 unspecified atom stereocenters. The highest BCUT2D eigenvalue weighted by atomic mass is 32.2. The molecule has 1 saturated heterocycles. The Morgan fingerprint density at radius 2 is 1.88 bits per heavy atom. The van der Waals surface area contributed by atoms with Gasteiger partial charge in [-0.15, -0.1) is 11.8 Å². The minimum absolute atomic E-state index is 0.898. The molecule has 2 rings (SSSR count). The highest BCUT2D eigenvalue weighted by molar-refractivity contribution is 7.99. The minimum Gasteiger partial charge on any atom is -0.379 e. The van der Waals surface area contributed by atoms with Crippen molar-refractivity contribution in [1.29, 1.82) is 0 Å². The van der Waals surface area contributed by atoms with Crippen molar-refractivity contribution in [2.75, 3.05) is 38.6 Å². The van der Waals surface area contributed by atoms with Gasteiger partial charge in [-0.2, -0.15) is 0 Å². The number of ether oxygens (including phenoxy) is 1. The van der Waals surface area contributed by atoms with Crippen molar-refractivity contribution in [1.82, 2.24) is 4.90 Å². The van der Waals surface area contributed by atoms with Crippen molar-refractivity contribution >= 4 is 11.8 Å². The first-order chi connectivity index (χ1) is 7.84. The van der Waals surface area contributed by atoms with Crippen LogP contribution < -0.4 is 0 Å². The van der Waals surface area contributed by atoms with E-state index in [4.69, 9.17) is 4.74 Å². The molecule has 88 valence electrons. The molecule has 1 aromatic carbocycles. The second-order valence-electron chi connectivity index (χ2n) is 4.12. The van der Waals surface area contributed by atoms with E-state index in [-0.39, 0.29) is 0 Å². The number of thioether (sulfide) groups is 1. The molecule has 1 heterocycles. The fraction of sp³-hybridized carbons (Fsp3) is 0.538. The molecule has 0 spiro atoms. The van der Waals surface area contributed by atoms with Gasteiger partial charge in [0.15, 0.2) is 0 Å². The van der Waals surface area contributed by atoms with Crippen molar-refractivity contribution in [3.05, 3.63) is 29.8 Å². The number of morpholine rings is 1. The molecular weight excluding hydrogens is 218 g/mol. The van der Waals surface area contributed by atoms with E-state index in [1.54, 1.807) is 0 Å². The van der Waals surface area contributed by atoms with Gasteiger partial charge >= 0.3 is 0 Å². The second-order valence-corrected chi connectivity index (χ2v) is 5.28. The Morgan fingerprint density at radius 1 is 1.19 bits per heavy atom. The molecule has 0 bridgehead atoms. The fourth-order valence-corrected chi connectivity index (χ4v) is 2.67. The fourth-order valence-electron chi connectivity index (χ4n) is 1.75. The minimum atomic E-state index is 0.898. The van der Waals surface area contributed by atoms with Crippen LogP contribution in [0.1, 0.15) is 5.56 Å². The van der Waals surface area contributed by atoms with E-state index < -0.39 is 0 Å². The first kappa shape index (κ1) is 12.0. The van der Waals surface area contributed by atoms with Crippen LogP contribution in [0.3, 0.4) is 0 Å². The molecule has 1 aliphatic rings. The molecule has 0 aromatic heterocycles. The van der Waals surface area contributed by atoms with E-state index in [9.17, 15) is 0 Å². The van der Waals surface area contributed by atoms with Crippen LogP contribution in [-0.2, 0) is 4.74 Å². The molecular formula is C13H19NOS. The molecule has 2 nitrogen and oxygen atoms in total. The van der Waals surface area contributed by atoms with Crippen LogP contribution in [0.5, 0.6) is 0 Å². The molecule has 1 aromatic rings. The smallest absolute Gasteiger partial charge is 0.0594 e. The SMILES string of the molecule is Cc1ccc(SCCN2CCOCC2)cc1. The maximum atomic E-state index is 5.33. The van der Waals surface area contributed by atoms with Crippen molar-refractivity contribution in [3.63, 3.8) is 0 Å². The van der Waals surface area contributed by atoms with E-state index in [1.807, 2.05) is 11.8 Å². The Balaban J connectivity index is 1.69. The molecule has 0 aliphatic carbocycles. The molecule has 16 heavy (non-hydrogen) atoms. The first-order valence-corrected chi connectivity index (χ1v) is 6.83. The molecule has 0 amide bonds. The van der Waals surface area contributed by atoms with Crippen molar-refractivity contribution < 1.29 is 4.74 Å². The zero-order valence-electron chi connectivity index (χ0n) is 9.82. The van der Waals surface area contributed by atoms with Crippen LogP contribution in [0.25, 0.3) is 0 Å². The third-order valence-corrected chi connectivity index (χ3v) is 3.79. The Kier molecular flexibility index (Phi) is 4.69. The third kappa shape index (κ3) is 3.81. The van der Waals surface area contributed by atoms with Crippen LogP contribution in [0.2, 0.25) is 0 Å². The van der Waals surface area contributed by atoms with Gasteiger partial charge in [0.25, 0.3) is 0 Å². The molecule has 0 radical (unpaired) electrons. The van der Waals surface area contributed by atoms with Gasteiger partial charge in [-0.1, -0.05) is 17.7 Å². The molecule has 1 aliphatic heterocycles. The van der Waals surface area contributed by atoms with Crippen LogP contribution in [0.15, 0.2) is 29.2 Å². The summed E-state index contributed by atoms with van der Waals surface area (Å²) in [6.45, 7) is 7.28. The Hall–Kier alpha value is -0.510. The van der Waals surface area contributed by atoms with Crippen LogP contribution in [-0.4, -0.2) is 43.5 Å². The highest BCUT2D eigenvalue weighted by Gasteiger charge is 2.09. The lowest BCUT2D eigenvalue weighted by Gasteiger charge is -2.26. The zero-order valence-corrected chi connectivity index (χ0v) is 10.6. The average Bonchev–Trinajstić information content (AvgIpc) is 2.33. The highest BCUT2D eigenvalue weighted by Crippen LogP contribution is 2.18. The number of benzene rings is 1. The second kappa shape index (κ2) is 6.28. The average molecular weight is 237 g/mol. The van der Waals surface area contributed by atoms with Gasteiger partial charge in [-0.25, -0.2) is 0 Å². The number of hydrogen-bond acceptors (Lipinski definition) is 3. The van der Waals surface area contributed by atoms with Crippen LogP contribution in [0, 0.1) is 6.92 Å². The number of rotatable bonds is 4. The van der Waals surface area contributed by atoms with Gasteiger partial charge in [0.05, 0.1) is 13.2 Å². The third-order valence-electron chi connectivity index (χ3n) is 2.80. The lowest BCUT2D eigenvalue weighted by atomic mass is 10.2. The van der Waals surface area contributed by atoms with Crippen LogP contribution >= 0.6 is 11.8 Å². The van der Waals surface area contributed by atoms with E-state index in [2.05, 4.69) is 36.1 Å². The summed E-state index contributed by atoms with van der Waals surface area (Å²) in [5, 5.41) is 0. The summed E-state index contributed by atoms with van der Waals surface area (Å²) < 4.78 is 5.33. The van der Waals surface area contributed by atoms with E-state index in [1.165, 1.54) is 22.8 Å². The van der Waals surface area contributed by atoms with Gasteiger partial charge in [-0.3, -0.25) is 4.90 Å². The maximum absolute atomic E-state index is 5.33. The maximum Gasteiger partial charge on any atom is 0.0594 e. The normalized spacial score (nSPS) is 17.6. The standard InChI is InChI=1S/C13H19NOS/c1-12-2-4-13(5-3-12)16-11-8-14-6-9-15-10-7-14/h2-5H,6-11H2,1H3. The first-order valence-electron chi connectivity index (χ1n) is 5.84. The Labute approximate surface area is 102 Å². The predicted molar refractivity (Wildman–Crippen MR) is 69.2 cm³/mol. The summed E-state index contributed by atoms with van der Waals surface area (Å²) >= 11 is 1.94. The van der Waals surface area contributed by atoms with Crippen molar-refractivity contribution in [3.8, 4) is 0 Å². The monoisotopic (exact) mass is 237 g/mol. The summed E-state index contributed by atoms with van der Waals surface area (Å²) in [6.07, 6.45) is 0. The number of aryl methyl sites for hydroxylation is 1. The van der Waals surface area contributed by atoms with Crippen molar-refractivity contribution in [2.24, 2.45) is 0 Å². The molecule has 0 atom stereocenters. The Morgan fingerprint density at radius 3 is 2.56 bits per heavy atom. The Bertz CT molecular complexity index is 306. The quantitative estimate of drug-likeness (QED) is 0.746. The summed E-state index contributed by atoms with van der Waals surface area (Å²) in [6, 6.07) is 8.77. The van der Waals surface area contributed by atoms with E-state index >= 15 is 0 Å². The summed E-state index contributed by atoms with van der Waals surface area (Å²) in [5.74, 6) is 1.17. The molecule has 3 heteroatoms. The largest absolute Gasteiger partial charge is 0.379 e. The predicted octanol–water partition coefficient (Wildman–Crippen LogP) is 2.42. The van der Waals surface area contributed by atoms with Crippen LogP contribution in [0.4, 0.5) is 0 Å². The number of hydrogen-bond donors (Lipinski definition) is 0. The lowest BCUT2D eigenvalue weighted by molar-refractivity contribution is 0.0410. The zero-order chi connectivity index (χ0) is 11.2.